The highest BCUT2D eigenvalue weighted by molar-refractivity contribution is 5.87. The van der Waals surface area contributed by atoms with E-state index >= 15 is 0 Å². The first-order chi connectivity index (χ1) is 12.6. The summed E-state index contributed by atoms with van der Waals surface area (Å²) in [5.41, 5.74) is 0.217. The summed E-state index contributed by atoms with van der Waals surface area (Å²) in [6.07, 6.45) is -0.254. The standard InChI is InChI=1S/C20H30N2O5/c1-14(2)11-16(18(24)26-13-15-9-7-6-8-10-15)22-17(23)12-21-19(25)27-20(3,4)5/h6-10,14,16H,11-13H2,1-5H3,(H,21,25)(H,22,23)/t16-/m1/s1. The number of esters is 1. The van der Waals surface area contributed by atoms with Gasteiger partial charge in [-0.25, -0.2) is 9.59 Å². The van der Waals surface area contributed by atoms with Crippen LogP contribution >= 0.6 is 0 Å². The van der Waals surface area contributed by atoms with Gasteiger partial charge in [-0.1, -0.05) is 44.2 Å². The van der Waals surface area contributed by atoms with Crippen molar-refractivity contribution >= 4 is 18.0 Å². The third-order valence-electron chi connectivity index (χ3n) is 3.34. The Kier molecular flexibility index (Phi) is 8.78. The molecule has 0 saturated carbocycles. The van der Waals surface area contributed by atoms with E-state index in [9.17, 15) is 14.4 Å². The molecule has 27 heavy (non-hydrogen) atoms. The van der Waals surface area contributed by atoms with Crippen molar-refractivity contribution in [1.29, 1.82) is 0 Å². The maximum atomic E-state index is 12.4. The molecule has 1 aromatic carbocycles. The van der Waals surface area contributed by atoms with E-state index in [0.717, 1.165) is 5.56 Å². The molecular weight excluding hydrogens is 348 g/mol. The van der Waals surface area contributed by atoms with Crippen molar-refractivity contribution in [1.82, 2.24) is 10.6 Å². The van der Waals surface area contributed by atoms with Crippen LogP contribution in [0.1, 0.15) is 46.6 Å². The fourth-order valence-corrected chi connectivity index (χ4v) is 2.23. The van der Waals surface area contributed by atoms with Gasteiger partial charge in [-0.2, -0.15) is 0 Å². The number of amides is 2. The van der Waals surface area contributed by atoms with Gasteiger partial charge in [0.05, 0.1) is 0 Å². The number of hydrogen-bond donors (Lipinski definition) is 2. The fourth-order valence-electron chi connectivity index (χ4n) is 2.23. The first kappa shape index (κ1) is 22.5. The Balaban J connectivity index is 2.53. The lowest BCUT2D eigenvalue weighted by atomic mass is 10.0. The molecule has 0 bridgehead atoms. The molecule has 1 rings (SSSR count). The number of ether oxygens (including phenoxy) is 2. The lowest BCUT2D eigenvalue weighted by Crippen LogP contribution is -2.47. The third-order valence-corrected chi connectivity index (χ3v) is 3.34. The molecule has 0 heterocycles. The highest BCUT2D eigenvalue weighted by Gasteiger charge is 2.24. The van der Waals surface area contributed by atoms with Crippen molar-refractivity contribution in [2.75, 3.05) is 6.54 Å². The van der Waals surface area contributed by atoms with Gasteiger partial charge in [-0.3, -0.25) is 4.79 Å². The van der Waals surface area contributed by atoms with Crippen LogP contribution in [0.4, 0.5) is 4.79 Å². The van der Waals surface area contributed by atoms with Gasteiger partial charge in [0.25, 0.3) is 0 Å². The van der Waals surface area contributed by atoms with Gasteiger partial charge in [-0.15, -0.1) is 0 Å². The van der Waals surface area contributed by atoms with E-state index in [1.165, 1.54) is 0 Å². The first-order valence-electron chi connectivity index (χ1n) is 9.03. The summed E-state index contributed by atoms with van der Waals surface area (Å²) in [4.78, 5) is 36.1. The van der Waals surface area contributed by atoms with Gasteiger partial charge in [-0.05, 0) is 38.7 Å². The highest BCUT2D eigenvalue weighted by Crippen LogP contribution is 2.09. The monoisotopic (exact) mass is 378 g/mol. The Morgan fingerprint density at radius 2 is 1.70 bits per heavy atom. The van der Waals surface area contributed by atoms with Gasteiger partial charge in [0.2, 0.25) is 5.91 Å². The second-order valence-corrected chi connectivity index (χ2v) is 7.70. The van der Waals surface area contributed by atoms with Crippen LogP contribution in [0, 0.1) is 5.92 Å². The zero-order valence-electron chi connectivity index (χ0n) is 16.7. The van der Waals surface area contributed by atoms with E-state index in [2.05, 4.69) is 10.6 Å². The molecule has 2 amide bonds. The van der Waals surface area contributed by atoms with Crippen molar-refractivity contribution in [2.24, 2.45) is 5.92 Å². The summed E-state index contributed by atoms with van der Waals surface area (Å²) in [5.74, 6) is -0.806. The van der Waals surface area contributed by atoms with E-state index < -0.39 is 29.6 Å². The predicted molar refractivity (Wildman–Crippen MR) is 102 cm³/mol. The molecule has 0 radical (unpaired) electrons. The van der Waals surface area contributed by atoms with Crippen LogP contribution in [0.2, 0.25) is 0 Å². The van der Waals surface area contributed by atoms with Crippen LogP contribution in [-0.4, -0.2) is 36.2 Å². The Labute approximate surface area is 160 Å². The Bertz CT molecular complexity index is 623. The molecule has 2 N–H and O–H groups in total. The molecular formula is C20H30N2O5. The maximum Gasteiger partial charge on any atom is 0.408 e. The molecule has 0 aliphatic carbocycles. The molecule has 0 aliphatic heterocycles. The molecule has 0 saturated heterocycles. The van der Waals surface area contributed by atoms with Crippen LogP contribution in [0.25, 0.3) is 0 Å². The average molecular weight is 378 g/mol. The van der Waals surface area contributed by atoms with Crippen LogP contribution in [0.15, 0.2) is 30.3 Å². The zero-order chi connectivity index (χ0) is 20.4. The molecule has 150 valence electrons. The second kappa shape index (κ2) is 10.5. The number of benzene rings is 1. The van der Waals surface area contributed by atoms with Gasteiger partial charge >= 0.3 is 12.1 Å². The van der Waals surface area contributed by atoms with Crippen molar-refractivity contribution in [3.63, 3.8) is 0 Å². The van der Waals surface area contributed by atoms with E-state index in [0.29, 0.717) is 6.42 Å². The van der Waals surface area contributed by atoms with Crippen molar-refractivity contribution in [3.05, 3.63) is 35.9 Å². The Morgan fingerprint density at radius 3 is 2.26 bits per heavy atom. The van der Waals surface area contributed by atoms with Crippen molar-refractivity contribution in [3.8, 4) is 0 Å². The summed E-state index contributed by atoms with van der Waals surface area (Å²) in [5, 5.41) is 4.99. The van der Waals surface area contributed by atoms with Crippen LogP contribution in [0.3, 0.4) is 0 Å². The van der Waals surface area contributed by atoms with Crippen LogP contribution < -0.4 is 10.6 Å². The van der Waals surface area contributed by atoms with E-state index in [-0.39, 0.29) is 19.1 Å². The average Bonchev–Trinajstić information content (AvgIpc) is 2.56. The van der Waals surface area contributed by atoms with E-state index in [1.54, 1.807) is 20.8 Å². The van der Waals surface area contributed by atoms with Crippen molar-refractivity contribution < 1.29 is 23.9 Å². The number of carbonyl (C=O) groups is 3. The summed E-state index contributed by atoms with van der Waals surface area (Å²) < 4.78 is 10.4. The predicted octanol–water partition coefficient (Wildman–Crippen LogP) is 2.79. The molecule has 0 fully saturated rings. The van der Waals surface area contributed by atoms with Gasteiger partial charge in [0.15, 0.2) is 0 Å². The third kappa shape index (κ3) is 10.2. The quantitative estimate of drug-likeness (QED) is 0.679. The SMILES string of the molecule is CC(C)C[C@@H](NC(=O)CNC(=O)OC(C)(C)C)C(=O)OCc1ccccc1. The summed E-state index contributed by atoms with van der Waals surface area (Å²) in [6, 6.07) is 8.53. The number of nitrogens with one attached hydrogen (secondary N) is 2. The van der Waals surface area contributed by atoms with E-state index in [4.69, 9.17) is 9.47 Å². The number of rotatable bonds is 8. The molecule has 0 spiro atoms. The first-order valence-corrected chi connectivity index (χ1v) is 9.03. The molecule has 7 nitrogen and oxygen atoms in total. The zero-order valence-corrected chi connectivity index (χ0v) is 16.7. The molecule has 0 unspecified atom stereocenters. The maximum absolute atomic E-state index is 12.4. The minimum atomic E-state index is -0.776. The normalized spacial score (nSPS) is 12.2. The van der Waals surface area contributed by atoms with Gasteiger partial charge in [0, 0.05) is 0 Å². The number of carbonyl (C=O) groups excluding carboxylic acids is 3. The second-order valence-electron chi connectivity index (χ2n) is 7.70. The molecule has 0 aromatic heterocycles. The van der Waals surface area contributed by atoms with Crippen molar-refractivity contribution in [2.45, 2.75) is 59.3 Å². The van der Waals surface area contributed by atoms with Gasteiger partial charge in [0.1, 0.15) is 24.8 Å². The molecule has 1 atom stereocenters. The Hall–Kier alpha value is -2.57. The van der Waals surface area contributed by atoms with Gasteiger partial charge < -0.3 is 20.1 Å². The van der Waals surface area contributed by atoms with E-state index in [1.807, 2.05) is 44.2 Å². The molecule has 0 aliphatic rings. The van der Waals surface area contributed by atoms with Crippen LogP contribution in [0.5, 0.6) is 0 Å². The minimum absolute atomic E-state index is 0.139. The van der Waals surface area contributed by atoms with Crippen LogP contribution in [-0.2, 0) is 25.7 Å². The Morgan fingerprint density at radius 1 is 1.07 bits per heavy atom. The smallest absolute Gasteiger partial charge is 0.408 e. The topological polar surface area (TPSA) is 93.7 Å². The summed E-state index contributed by atoms with van der Waals surface area (Å²) >= 11 is 0. The number of hydrogen-bond acceptors (Lipinski definition) is 5. The summed E-state index contributed by atoms with van der Waals surface area (Å²) in [7, 11) is 0. The summed E-state index contributed by atoms with van der Waals surface area (Å²) in [6.45, 7) is 8.94. The lowest BCUT2D eigenvalue weighted by molar-refractivity contribution is -0.149. The lowest BCUT2D eigenvalue weighted by Gasteiger charge is -2.21. The number of alkyl carbamates (subject to hydrolysis) is 1. The highest BCUT2D eigenvalue weighted by atomic mass is 16.6. The fraction of sp³-hybridized carbons (Fsp3) is 0.550. The molecule has 7 heteroatoms. The largest absolute Gasteiger partial charge is 0.459 e. The minimum Gasteiger partial charge on any atom is -0.459 e. The molecule has 1 aromatic rings.